The molecule has 1 saturated heterocycles. The number of hydrogen-bond acceptors (Lipinski definition) is 5. The van der Waals surface area contributed by atoms with Crippen molar-refractivity contribution >= 4 is 38.8 Å². The molecule has 2 aromatic heterocycles. The van der Waals surface area contributed by atoms with Gasteiger partial charge in [-0.25, -0.2) is 4.98 Å². The van der Waals surface area contributed by atoms with E-state index >= 15 is 0 Å². The van der Waals surface area contributed by atoms with E-state index in [-0.39, 0.29) is 35.6 Å². The highest BCUT2D eigenvalue weighted by Gasteiger charge is 2.43. The number of nitrogens with zero attached hydrogens (tertiary/aromatic N) is 2. The van der Waals surface area contributed by atoms with Crippen LogP contribution >= 0.6 is 15.9 Å². The van der Waals surface area contributed by atoms with E-state index in [0.717, 1.165) is 21.5 Å². The Morgan fingerprint density at radius 2 is 2.00 bits per heavy atom. The summed E-state index contributed by atoms with van der Waals surface area (Å²) in [5, 5.41) is 3.01. The van der Waals surface area contributed by atoms with Crippen molar-refractivity contribution in [1.29, 1.82) is 0 Å². The average molecular weight is 498 g/mol. The molecule has 2 amide bonds. The SMILES string of the molecule is Cc1ccc2oc(C(=O)NC3CC(C)N(C(=O)[C@@H]4Oc5ccc(Br)cc5[C@@H]4C)C3)cc2n1. The Labute approximate surface area is 194 Å². The van der Waals surface area contributed by atoms with Crippen molar-refractivity contribution in [1.82, 2.24) is 15.2 Å². The van der Waals surface area contributed by atoms with Gasteiger partial charge in [0.2, 0.25) is 0 Å². The summed E-state index contributed by atoms with van der Waals surface area (Å²) < 4.78 is 12.6. The zero-order valence-electron chi connectivity index (χ0n) is 18.1. The number of likely N-dealkylation sites (tertiary alicyclic amines) is 1. The third kappa shape index (κ3) is 3.66. The molecule has 166 valence electrons. The number of fused-ring (bicyclic) bond motifs is 2. The molecular formula is C24H24BrN3O4. The number of halogens is 1. The monoisotopic (exact) mass is 497 g/mol. The van der Waals surface area contributed by atoms with Crippen LogP contribution in [0.15, 0.2) is 45.3 Å². The van der Waals surface area contributed by atoms with Gasteiger partial charge in [-0.3, -0.25) is 9.59 Å². The second-order valence-corrected chi connectivity index (χ2v) is 9.62. The highest BCUT2D eigenvalue weighted by Crippen LogP contribution is 2.40. The van der Waals surface area contributed by atoms with Crippen LogP contribution in [0.2, 0.25) is 0 Å². The second-order valence-electron chi connectivity index (χ2n) is 8.70. The van der Waals surface area contributed by atoms with E-state index in [0.29, 0.717) is 24.1 Å². The maximum absolute atomic E-state index is 13.3. The molecule has 0 radical (unpaired) electrons. The number of furan rings is 1. The first-order valence-electron chi connectivity index (χ1n) is 10.7. The topological polar surface area (TPSA) is 84.7 Å². The molecule has 3 aromatic rings. The zero-order valence-corrected chi connectivity index (χ0v) is 19.7. The lowest BCUT2D eigenvalue weighted by Gasteiger charge is -2.26. The number of nitrogens with one attached hydrogen (secondary N) is 1. The minimum atomic E-state index is -0.555. The molecule has 8 heteroatoms. The van der Waals surface area contributed by atoms with Crippen LogP contribution in [0.3, 0.4) is 0 Å². The second kappa shape index (κ2) is 7.92. The quantitative estimate of drug-likeness (QED) is 0.586. The Bertz CT molecular complexity index is 1220. The number of carbonyl (C=O) groups excluding carboxylic acids is 2. The van der Waals surface area contributed by atoms with E-state index in [2.05, 4.69) is 26.2 Å². The first-order valence-corrected chi connectivity index (χ1v) is 11.5. The molecule has 1 aromatic carbocycles. The summed E-state index contributed by atoms with van der Waals surface area (Å²) in [4.78, 5) is 32.3. The van der Waals surface area contributed by atoms with Crippen LogP contribution in [0.1, 0.15) is 48.0 Å². The minimum Gasteiger partial charge on any atom is -0.480 e. The summed E-state index contributed by atoms with van der Waals surface area (Å²) in [6.07, 6.45) is 0.121. The number of rotatable bonds is 3. The van der Waals surface area contributed by atoms with Crippen LogP contribution in [-0.4, -0.2) is 46.4 Å². The average Bonchev–Trinajstić information content (AvgIpc) is 3.43. The van der Waals surface area contributed by atoms with Crippen LogP contribution in [0.5, 0.6) is 5.75 Å². The van der Waals surface area contributed by atoms with Gasteiger partial charge in [-0.2, -0.15) is 0 Å². The van der Waals surface area contributed by atoms with E-state index in [1.165, 1.54) is 0 Å². The van der Waals surface area contributed by atoms with Gasteiger partial charge in [0.05, 0.1) is 0 Å². The van der Waals surface area contributed by atoms with Gasteiger partial charge in [0.15, 0.2) is 17.4 Å². The number of hydrogen-bond donors (Lipinski definition) is 1. The first kappa shape index (κ1) is 21.0. The van der Waals surface area contributed by atoms with Gasteiger partial charge in [0.25, 0.3) is 11.8 Å². The lowest BCUT2D eigenvalue weighted by atomic mass is 9.96. The highest BCUT2D eigenvalue weighted by molar-refractivity contribution is 9.10. The molecule has 2 unspecified atom stereocenters. The summed E-state index contributed by atoms with van der Waals surface area (Å²) in [6.45, 7) is 6.35. The molecule has 7 nitrogen and oxygen atoms in total. The highest BCUT2D eigenvalue weighted by atomic mass is 79.9. The fraction of sp³-hybridized carbons (Fsp3) is 0.375. The van der Waals surface area contributed by atoms with Crippen molar-refractivity contribution in [2.24, 2.45) is 0 Å². The maximum Gasteiger partial charge on any atom is 0.287 e. The van der Waals surface area contributed by atoms with Gasteiger partial charge >= 0.3 is 0 Å². The van der Waals surface area contributed by atoms with Crippen LogP contribution in [0.4, 0.5) is 0 Å². The van der Waals surface area contributed by atoms with Crippen molar-refractivity contribution in [3.05, 3.63) is 57.9 Å². The predicted octanol–water partition coefficient (Wildman–Crippen LogP) is 4.18. The van der Waals surface area contributed by atoms with E-state index in [9.17, 15) is 9.59 Å². The number of benzene rings is 1. The Hall–Kier alpha value is -2.87. The molecule has 32 heavy (non-hydrogen) atoms. The largest absolute Gasteiger partial charge is 0.480 e. The molecule has 4 heterocycles. The van der Waals surface area contributed by atoms with Crippen LogP contribution < -0.4 is 10.1 Å². The third-order valence-corrected chi connectivity index (χ3v) is 6.84. The normalized spacial score (nSPS) is 24.4. The van der Waals surface area contributed by atoms with Gasteiger partial charge in [0.1, 0.15) is 11.3 Å². The van der Waals surface area contributed by atoms with E-state index in [1.54, 1.807) is 6.07 Å². The fourth-order valence-corrected chi connectivity index (χ4v) is 5.03. The minimum absolute atomic E-state index is 0.000891. The molecule has 1 N–H and O–H groups in total. The summed E-state index contributed by atoms with van der Waals surface area (Å²) in [5.74, 6) is 0.600. The molecule has 0 saturated carbocycles. The van der Waals surface area contributed by atoms with Crippen LogP contribution in [-0.2, 0) is 4.79 Å². The standard InChI is InChI=1S/C24H24BrN3O4/c1-12-4-6-20-18(26-12)10-21(31-20)23(29)27-16-8-13(2)28(11-16)24(30)22-14(3)17-9-15(25)5-7-19(17)32-22/h4-7,9-10,13-14,16,22H,8,11H2,1-3H3,(H,27,29)/t13?,14-,16?,22+/m0/s1. The predicted molar refractivity (Wildman–Crippen MR) is 123 cm³/mol. The number of aromatic nitrogens is 1. The first-order chi connectivity index (χ1) is 15.3. The number of carbonyl (C=O) groups is 2. The smallest absolute Gasteiger partial charge is 0.287 e. The van der Waals surface area contributed by atoms with E-state index in [4.69, 9.17) is 9.15 Å². The third-order valence-electron chi connectivity index (χ3n) is 6.34. The molecular weight excluding hydrogens is 474 g/mol. The lowest BCUT2D eigenvalue weighted by molar-refractivity contribution is -0.139. The molecule has 2 aliphatic heterocycles. The van der Waals surface area contributed by atoms with Crippen LogP contribution in [0.25, 0.3) is 11.1 Å². The number of aryl methyl sites for hydroxylation is 1. The van der Waals surface area contributed by atoms with Crippen LogP contribution in [0, 0.1) is 6.92 Å². The van der Waals surface area contributed by atoms with Crippen molar-refractivity contribution in [2.45, 2.75) is 51.3 Å². The van der Waals surface area contributed by atoms with E-state index < -0.39 is 6.10 Å². The molecule has 0 spiro atoms. The summed E-state index contributed by atoms with van der Waals surface area (Å²) in [5.41, 5.74) is 3.13. The number of pyridine rings is 1. The van der Waals surface area contributed by atoms with Crippen molar-refractivity contribution in [3.8, 4) is 5.75 Å². The van der Waals surface area contributed by atoms with Gasteiger partial charge < -0.3 is 19.4 Å². The van der Waals surface area contributed by atoms with Gasteiger partial charge in [0, 0.05) is 46.3 Å². The Balaban J connectivity index is 1.26. The summed E-state index contributed by atoms with van der Waals surface area (Å²) in [7, 11) is 0. The molecule has 0 bridgehead atoms. The molecule has 1 fully saturated rings. The zero-order chi connectivity index (χ0) is 22.6. The number of amides is 2. The Morgan fingerprint density at radius 1 is 1.19 bits per heavy atom. The maximum atomic E-state index is 13.3. The summed E-state index contributed by atoms with van der Waals surface area (Å²) >= 11 is 3.49. The molecule has 2 aliphatic rings. The van der Waals surface area contributed by atoms with Crippen molar-refractivity contribution in [2.75, 3.05) is 6.54 Å². The van der Waals surface area contributed by atoms with Gasteiger partial charge in [-0.15, -0.1) is 0 Å². The molecule has 0 aliphatic carbocycles. The molecule has 4 atom stereocenters. The summed E-state index contributed by atoms with van der Waals surface area (Å²) in [6, 6.07) is 11.0. The Morgan fingerprint density at radius 3 is 2.81 bits per heavy atom. The van der Waals surface area contributed by atoms with Crippen molar-refractivity contribution in [3.63, 3.8) is 0 Å². The molecule has 5 rings (SSSR count). The van der Waals surface area contributed by atoms with Gasteiger partial charge in [-0.05, 0) is 50.6 Å². The lowest BCUT2D eigenvalue weighted by Crippen LogP contribution is -2.45. The number of ether oxygens (including phenoxy) is 1. The van der Waals surface area contributed by atoms with Gasteiger partial charge in [-0.1, -0.05) is 22.9 Å². The van der Waals surface area contributed by atoms with Crippen molar-refractivity contribution < 1.29 is 18.7 Å². The Kier molecular flexibility index (Phi) is 5.20. The van der Waals surface area contributed by atoms with E-state index in [1.807, 2.05) is 56.0 Å². The fourth-order valence-electron chi connectivity index (χ4n) is 4.65.